The molecule has 1 amide bonds. The number of carbonyl (C=O) groups is 2. The second kappa shape index (κ2) is 8.12. The summed E-state index contributed by atoms with van der Waals surface area (Å²) in [6.07, 6.45) is 4.09. The number of unbranched alkanes of at least 4 members (excludes halogenated alkanes) is 2. The van der Waals surface area contributed by atoms with E-state index in [1.54, 1.807) is 17.8 Å². The molecule has 0 saturated carbocycles. The zero-order valence-corrected chi connectivity index (χ0v) is 13.2. The molecule has 2 rings (SSSR count). The summed E-state index contributed by atoms with van der Waals surface area (Å²) in [5, 5.41) is 15.8. The Morgan fingerprint density at radius 1 is 1.17 bits per heavy atom. The first-order chi connectivity index (χ1) is 11.1. The Morgan fingerprint density at radius 3 is 2.61 bits per heavy atom. The summed E-state index contributed by atoms with van der Waals surface area (Å²) in [6.45, 7) is 2.34. The number of aryl methyl sites for hydroxylation is 1. The van der Waals surface area contributed by atoms with Crippen LogP contribution in [0.2, 0.25) is 0 Å². The standard InChI is InChI=1S/C17H21N3O3/c1-13-15(12-20(19-13)14-8-4-2-5-9-14)17(23)18-11-7-3-6-10-16(21)22/h2,4-5,8-9,12H,3,6-7,10-11H2,1H3,(H,18,23)(H,21,22). The van der Waals surface area contributed by atoms with E-state index in [1.165, 1.54) is 0 Å². The predicted octanol–water partition coefficient (Wildman–Crippen LogP) is 2.56. The number of aliphatic carboxylic acids is 1. The van der Waals surface area contributed by atoms with Crippen molar-refractivity contribution in [3.63, 3.8) is 0 Å². The van der Waals surface area contributed by atoms with Crippen LogP contribution in [0, 0.1) is 6.92 Å². The van der Waals surface area contributed by atoms with Crippen molar-refractivity contribution in [2.75, 3.05) is 6.54 Å². The zero-order chi connectivity index (χ0) is 16.7. The third-order valence-corrected chi connectivity index (χ3v) is 3.52. The predicted molar refractivity (Wildman–Crippen MR) is 86.7 cm³/mol. The number of benzene rings is 1. The van der Waals surface area contributed by atoms with Gasteiger partial charge in [-0.2, -0.15) is 5.10 Å². The van der Waals surface area contributed by atoms with E-state index in [2.05, 4.69) is 10.4 Å². The van der Waals surface area contributed by atoms with Crippen molar-refractivity contribution in [1.82, 2.24) is 15.1 Å². The number of carboxylic acids is 1. The fourth-order valence-electron chi connectivity index (χ4n) is 2.27. The average molecular weight is 315 g/mol. The lowest BCUT2D eigenvalue weighted by Gasteiger charge is -2.03. The molecule has 0 atom stereocenters. The van der Waals surface area contributed by atoms with Crippen molar-refractivity contribution in [3.8, 4) is 5.69 Å². The molecule has 0 bridgehead atoms. The van der Waals surface area contributed by atoms with Gasteiger partial charge in [-0.15, -0.1) is 0 Å². The van der Waals surface area contributed by atoms with Gasteiger partial charge in [0.1, 0.15) is 0 Å². The number of carbonyl (C=O) groups excluding carboxylic acids is 1. The first-order valence-corrected chi connectivity index (χ1v) is 7.69. The molecule has 1 aromatic carbocycles. The summed E-state index contributed by atoms with van der Waals surface area (Å²) in [5.41, 5.74) is 2.14. The molecule has 122 valence electrons. The number of hydrogen-bond acceptors (Lipinski definition) is 3. The molecular weight excluding hydrogens is 294 g/mol. The lowest BCUT2D eigenvalue weighted by Crippen LogP contribution is -2.24. The maximum atomic E-state index is 12.2. The molecule has 0 aliphatic heterocycles. The van der Waals surface area contributed by atoms with Gasteiger partial charge in [-0.05, 0) is 31.9 Å². The lowest BCUT2D eigenvalue weighted by molar-refractivity contribution is -0.137. The van der Waals surface area contributed by atoms with E-state index in [0.717, 1.165) is 18.5 Å². The highest BCUT2D eigenvalue weighted by atomic mass is 16.4. The van der Waals surface area contributed by atoms with Crippen molar-refractivity contribution in [2.45, 2.75) is 32.6 Å². The fraction of sp³-hybridized carbons (Fsp3) is 0.353. The molecule has 0 aliphatic rings. The smallest absolute Gasteiger partial charge is 0.303 e. The molecule has 0 aliphatic carbocycles. The lowest BCUT2D eigenvalue weighted by atomic mass is 10.2. The second-order valence-electron chi connectivity index (χ2n) is 5.37. The summed E-state index contributed by atoms with van der Waals surface area (Å²) in [5.74, 6) is -0.930. The van der Waals surface area contributed by atoms with E-state index < -0.39 is 5.97 Å². The van der Waals surface area contributed by atoms with Gasteiger partial charge in [0.2, 0.25) is 0 Å². The second-order valence-corrected chi connectivity index (χ2v) is 5.37. The van der Waals surface area contributed by atoms with Crippen LogP contribution in [-0.4, -0.2) is 33.3 Å². The Morgan fingerprint density at radius 2 is 1.91 bits per heavy atom. The van der Waals surface area contributed by atoms with E-state index in [1.807, 2.05) is 30.3 Å². The number of para-hydroxylation sites is 1. The minimum atomic E-state index is -0.780. The van der Waals surface area contributed by atoms with Crippen molar-refractivity contribution >= 4 is 11.9 Å². The highest BCUT2D eigenvalue weighted by molar-refractivity contribution is 5.95. The Balaban J connectivity index is 1.85. The molecule has 0 saturated heterocycles. The van der Waals surface area contributed by atoms with Crippen LogP contribution < -0.4 is 5.32 Å². The molecule has 1 aromatic heterocycles. The van der Waals surface area contributed by atoms with Gasteiger partial charge in [0, 0.05) is 19.2 Å². The summed E-state index contributed by atoms with van der Waals surface area (Å²) < 4.78 is 1.69. The van der Waals surface area contributed by atoms with Crippen molar-refractivity contribution in [1.29, 1.82) is 0 Å². The number of nitrogens with one attached hydrogen (secondary N) is 1. The molecule has 2 aromatic rings. The maximum absolute atomic E-state index is 12.2. The number of nitrogens with zero attached hydrogens (tertiary/aromatic N) is 2. The van der Waals surface area contributed by atoms with E-state index in [0.29, 0.717) is 24.2 Å². The van der Waals surface area contributed by atoms with Gasteiger partial charge in [-0.25, -0.2) is 4.68 Å². The van der Waals surface area contributed by atoms with Gasteiger partial charge in [-0.1, -0.05) is 24.6 Å². The van der Waals surface area contributed by atoms with Crippen molar-refractivity contribution < 1.29 is 14.7 Å². The third-order valence-electron chi connectivity index (χ3n) is 3.52. The van der Waals surface area contributed by atoms with Crippen molar-refractivity contribution in [3.05, 3.63) is 47.8 Å². The molecule has 23 heavy (non-hydrogen) atoms. The molecular formula is C17H21N3O3. The molecule has 0 radical (unpaired) electrons. The van der Waals surface area contributed by atoms with Crippen LogP contribution in [0.25, 0.3) is 5.69 Å². The van der Waals surface area contributed by atoms with Crippen LogP contribution in [0.15, 0.2) is 36.5 Å². The van der Waals surface area contributed by atoms with Crippen LogP contribution in [-0.2, 0) is 4.79 Å². The minimum absolute atomic E-state index is 0.150. The molecule has 0 spiro atoms. The number of hydrogen-bond donors (Lipinski definition) is 2. The number of carboxylic acid groups (broad SMARTS) is 1. The minimum Gasteiger partial charge on any atom is -0.481 e. The third kappa shape index (κ3) is 4.95. The summed E-state index contributed by atoms with van der Waals surface area (Å²) in [4.78, 5) is 22.6. The van der Waals surface area contributed by atoms with Gasteiger partial charge < -0.3 is 10.4 Å². The van der Waals surface area contributed by atoms with Crippen LogP contribution >= 0.6 is 0 Å². The summed E-state index contributed by atoms with van der Waals surface area (Å²) >= 11 is 0. The first-order valence-electron chi connectivity index (χ1n) is 7.69. The first kappa shape index (κ1) is 16.7. The Bertz CT molecular complexity index is 665. The molecule has 6 nitrogen and oxygen atoms in total. The number of amides is 1. The molecule has 2 N–H and O–H groups in total. The van der Waals surface area contributed by atoms with Crippen LogP contribution in [0.4, 0.5) is 0 Å². The quantitative estimate of drug-likeness (QED) is 0.733. The zero-order valence-electron chi connectivity index (χ0n) is 13.2. The largest absolute Gasteiger partial charge is 0.481 e. The highest BCUT2D eigenvalue weighted by Crippen LogP contribution is 2.11. The fourth-order valence-corrected chi connectivity index (χ4v) is 2.27. The van der Waals surface area contributed by atoms with Gasteiger partial charge >= 0.3 is 5.97 Å². The maximum Gasteiger partial charge on any atom is 0.303 e. The van der Waals surface area contributed by atoms with E-state index in [4.69, 9.17) is 5.11 Å². The van der Waals surface area contributed by atoms with E-state index in [9.17, 15) is 9.59 Å². The monoisotopic (exact) mass is 315 g/mol. The number of aromatic nitrogens is 2. The summed E-state index contributed by atoms with van der Waals surface area (Å²) in [7, 11) is 0. The molecule has 0 unspecified atom stereocenters. The van der Waals surface area contributed by atoms with Gasteiger partial charge in [0.25, 0.3) is 5.91 Å². The molecule has 6 heteroatoms. The van der Waals surface area contributed by atoms with Crippen LogP contribution in [0.3, 0.4) is 0 Å². The van der Waals surface area contributed by atoms with Gasteiger partial charge in [-0.3, -0.25) is 9.59 Å². The normalized spacial score (nSPS) is 10.5. The van der Waals surface area contributed by atoms with Crippen LogP contribution in [0.1, 0.15) is 41.7 Å². The highest BCUT2D eigenvalue weighted by Gasteiger charge is 2.13. The van der Waals surface area contributed by atoms with E-state index in [-0.39, 0.29) is 12.3 Å². The average Bonchev–Trinajstić information content (AvgIpc) is 2.93. The Hall–Kier alpha value is -2.63. The van der Waals surface area contributed by atoms with Gasteiger partial charge in [0.15, 0.2) is 0 Å². The van der Waals surface area contributed by atoms with E-state index >= 15 is 0 Å². The van der Waals surface area contributed by atoms with Crippen molar-refractivity contribution in [2.24, 2.45) is 0 Å². The molecule has 1 heterocycles. The Labute approximate surface area is 135 Å². The SMILES string of the molecule is Cc1nn(-c2ccccc2)cc1C(=O)NCCCCCC(=O)O. The topological polar surface area (TPSA) is 84.2 Å². The Kier molecular flexibility index (Phi) is 5.91. The number of rotatable bonds is 8. The molecule has 0 fully saturated rings. The van der Waals surface area contributed by atoms with Gasteiger partial charge in [0.05, 0.1) is 16.9 Å². The van der Waals surface area contributed by atoms with Crippen LogP contribution in [0.5, 0.6) is 0 Å². The summed E-state index contributed by atoms with van der Waals surface area (Å²) in [6, 6.07) is 9.62.